The Kier molecular flexibility index (Phi) is 7.32. The van der Waals surface area contributed by atoms with Crippen LogP contribution in [0.1, 0.15) is 23.1 Å². The highest BCUT2D eigenvalue weighted by Crippen LogP contribution is 2.30. The summed E-state index contributed by atoms with van der Waals surface area (Å²) in [7, 11) is 1.75. The molecular formula is C28H28ClN5OS. The molecule has 2 aliphatic heterocycles. The average molecular weight is 518 g/mol. The molecular weight excluding hydrogens is 490 g/mol. The second kappa shape index (κ2) is 10.8. The minimum Gasteiger partial charge on any atom is -0.359 e. The molecule has 1 fully saturated rings. The van der Waals surface area contributed by atoms with Crippen molar-refractivity contribution in [1.29, 1.82) is 0 Å². The summed E-state index contributed by atoms with van der Waals surface area (Å²) in [6, 6.07) is 26.0. The van der Waals surface area contributed by atoms with Gasteiger partial charge in [0.2, 0.25) is 6.17 Å². The van der Waals surface area contributed by atoms with Gasteiger partial charge in [0.1, 0.15) is 0 Å². The monoisotopic (exact) mass is 517 g/mol. The van der Waals surface area contributed by atoms with Gasteiger partial charge >= 0.3 is 0 Å². The van der Waals surface area contributed by atoms with Crippen molar-refractivity contribution in [3.8, 4) is 0 Å². The van der Waals surface area contributed by atoms with Crippen molar-refractivity contribution in [3.05, 3.63) is 101 Å². The van der Waals surface area contributed by atoms with Crippen molar-refractivity contribution in [2.75, 3.05) is 25.0 Å². The maximum atomic E-state index is 13.4. The van der Waals surface area contributed by atoms with Gasteiger partial charge in [-0.05, 0) is 42.4 Å². The van der Waals surface area contributed by atoms with Crippen molar-refractivity contribution < 1.29 is 4.79 Å². The number of anilines is 1. The van der Waals surface area contributed by atoms with E-state index in [0.717, 1.165) is 42.9 Å². The summed E-state index contributed by atoms with van der Waals surface area (Å²) in [6.07, 6.45) is 0.119. The number of likely N-dealkylation sites (tertiary alicyclic amines) is 1. The summed E-state index contributed by atoms with van der Waals surface area (Å²) in [6.45, 7) is 2.79. The lowest BCUT2D eigenvalue weighted by atomic mass is 10.0. The molecule has 0 spiro atoms. The van der Waals surface area contributed by atoms with E-state index < -0.39 is 6.17 Å². The van der Waals surface area contributed by atoms with Crippen molar-refractivity contribution in [2.45, 2.75) is 25.2 Å². The van der Waals surface area contributed by atoms with Crippen LogP contribution in [0.15, 0.2) is 83.9 Å². The topological polar surface area (TPSA) is 60.0 Å². The van der Waals surface area contributed by atoms with Crippen LogP contribution in [-0.4, -0.2) is 54.0 Å². The van der Waals surface area contributed by atoms with Gasteiger partial charge in [0, 0.05) is 48.9 Å². The van der Waals surface area contributed by atoms with E-state index in [0.29, 0.717) is 15.8 Å². The van der Waals surface area contributed by atoms with Gasteiger partial charge in [-0.25, -0.2) is 4.99 Å². The molecule has 2 N–H and O–H groups in total. The Hall–Kier alpha value is -3.26. The Bertz CT molecular complexity index is 1280. The smallest absolute Gasteiger partial charge is 0.272 e. The molecule has 8 heteroatoms. The van der Waals surface area contributed by atoms with Crippen LogP contribution in [0.4, 0.5) is 5.69 Å². The van der Waals surface area contributed by atoms with Gasteiger partial charge in [0.05, 0.1) is 11.4 Å². The zero-order valence-corrected chi connectivity index (χ0v) is 21.6. The number of rotatable bonds is 5. The van der Waals surface area contributed by atoms with Gasteiger partial charge in [-0.3, -0.25) is 9.69 Å². The van der Waals surface area contributed by atoms with E-state index in [4.69, 9.17) is 28.8 Å². The van der Waals surface area contributed by atoms with Crippen molar-refractivity contribution in [3.63, 3.8) is 0 Å². The third-order valence-electron chi connectivity index (χ3n) is 6.57. The molecule has 36 heavy (non-hydrogen) atoms. The summed E-state index contributed by atoms with van der Waals surface area (Å²) < 4.78 is 0. The number of thiocarbonyl (C=S) groups is 1. The van der Waals surface area contributed by atoms with Crippen LogP contribution in [-0.2, 0) is 11.3 Å². The number of benzene rings is 3. The number of aliphatic imine (C=N–C) groups is 1. The first-order valence-electron chi connectivity index (χ1n) is 12.0. The third kappa shape index (κ3) is 5.43. The molecule has 1 amide bonds. The van der Waals surface area contributed by atoms with Gasteiger partial charge in [0.25, 0.3) is 5.91 Å². The number of nitrogens with zero attached hydrogens (tertiary/aromatic N) is 3. The van der Waals surface area contributed by atoms with Crippen LogP contribution in [0.3, 0.4) is 0 Å². The number of fused-ring (bicyclic) bond motifs is 1. The summed E-state index contributed by atoms with van der Waals surface area (Å²) in [5.41, 5.74) is 4.46. The number of hydrogen-bond acceptors (Lipinski definition) is 4. The van der Waals surface area contributed by atoms with Gasteiger partial charge < -0.3 is 15.5 Å². The molecule has 5 rings (SSSR count). The van der Waals surface area contributed by atoms with Crippen LogP contribution < -0.4 is 15.5 Å². The molecule has 1 saturated heterocycles. The summed E-state index contributed by atoms with van der Waals surface area (Å²) in [5, 5.41) is 7.58. The van der Waals surface area contributed by atoms with Gasteiger partial charge in [-0.1, -0.05) is 72.3 Å². The first-order valence-corrected chi connectivity index (χ1v) is 12.8. The SMILES string of the molecule is CN1C(=O)C(NC(=S)NC2CCN(Cc3ccccc3)C2)N=C(c2ccccc2)c2cc(Cl)ccc21. The normalized spacial score (nSPS) is 19.9. The molecule has 184 valence electrons. The molecule has 0 aliphatic carbocycles. The van der Waals surface area contributed by atoms with E-state index in [1.54, 1.807) is 18.0 Å². The molecule has 3 aromatic rings. The molecule has 3 aromatic carbocycles. The highest BCUT2D eigenvalue weighted by Gasteiger charge is 2.31. The fraction of sp³-hybridized carbons (Fsp3) is 0.250. The van der Waals surface area contributed by atoms with Crippen molar-refractivity contribution in [1.82, 2.24) is 15.5 Å². The Labute approximate surface area is 222 Å². The molecule has 2 heterocycles. The lowest BCUT2D eigenvalue weighted by molar-refractivity contribution is -0.119. The van der Waals surface area contributed by atoms with E-state index in [-0.39, 0.29) is 11.9 Å². The summed E-state index contributed by atoms with van der Waals surface area (Å²) in [4.78, 5) is 22.3. The number of carbonyl (C=O) groups is 1. The maximum absolute atomic E-state index is 13.4. The number of hydrogen-bond donors (Lipinski definition) is 2. The standard InChI is InChI=1S/C28H28ClN5OS/c1-33-24-13-12-21(29)16-23(24)25(20-10-6-3-7-11-20)31-26(27(33)35)32-28(36)30-22-14-15-34(18-22)17-19-8-4-2-5-9-19/h2-13,16,22,26H,14-15,17-18H2,1H3,(H2,30,32,36). The Balaban J connectivity index is 1.32. The molecule has 2 unspecified atom stereocenters. The predicted octanol–water partition coefficient (Wildman–Crippen LogP) is 4.22. The van der Waals surface area contributed by atoms with Crippen LogP contribution in [0.25, 0.3) is 0 Å². The summed E-state index contributed by atoms with van der Waals surface area (Å²) in [5.74, 6) is -0.189. The Morgan fingerprint density at radius 3 is 2.53 bits per heavy atom. The lowest BCUT2D eigenvalue weighted by Crippen LogP contribution is -2.51. The zero-order chi connectivity index (χ0) is 25.1. The van der Waals surface area contributed by atoms with Crippen molar-refractivity contribution in [2.24, 2.45) is 4.99 Å². The van der Waals surface area contributed by atoms with Crippen LogP contribution in [0.2, 0.25) is 5.02 Å². The average Bonchev–Trinajstić information content (AvgIpc) is 3.29. The number of amides is 1. The Morgan fingerprint density at radius 1 is 1.06 bits per heavy atom. The number of carbonyl (C=O) groups excluding carboxylic acids is 1. The number of benzodiazepines with no additional fused rings is 1. The van der Waals surface area contributed by atoms with Gasteiger partial charge in [-0.15, -0.1) is 0 Å². The van der Waals surface area contributed by atoms with E-state index in [1.165, 1.54) is 5.56 Å². The van der Waals surface area contributed by atoms with Crippen LogP contribution in [0, 0.1) is 0 Å². The van der Waals surface area contributed by atoms with Gasteiger partial charge in [-0.2, -0.15) is 0 Å². The van der Waals surface area contributed by atoms with Crippen LogP contribution >= 0.6 is 23.8 Å². The maximum Gasteiger partial charge on any atom is 0.272 e. The number of nitrogens with one attached hydrogen (secondary N) is 2. The summed E-state index contributed by atoms with van der Waals surface area (Å²) >= 11 is 12.0. The number of halogens is 1. The number of likely N-dealkylation sites (N-methyl/N-ethyl adjacent to an activating group) is 1. The molecule has 2 aliphatic rings. The lowest BCUT2D eigenvalue weighted by Gasteiger charge is -2.23. The molecule has 6 nitrogen and oxygen atoms in total. The highest BCUT2D eigenvalue weighted by molar-refractivity contribution is 7.80. The fourth-order valence-corrected chi connectivity index (χ4v) is 5.20. The zero-order valence-electron chi connectivity index (χ0n) is 20.0. The Morgan fingerprint density at radius 2 is 1.78 bits per heavy atom. The second-order valence-electron chi connectivity index (χ2n) is 9.13. The molecule has 2 atom stereocenters. The minimum absolute atomic E-state index is 0.189. The third-order valence-corrected chi connectivity index (χ3v) is 7.04. The second-order valence-corrected chi connectivity index (χ2v) is 9.97. The van der Waals surface area contributed by atoms with E-state index in [9.17, 15) is 4.79 Å². The van der Waals surface area contributed by atoms with E-state index in [1.807, 2.05) is 48.5 Å². The first kappa shape index (κ1) is 24.4. The van der Waals surface area contributed by atoms with E-state index in [2.05, 4.69) is 39.8 Å². The van der Waals surface area contributed by atoms with E-state index >= 15 is 0 Å². The quantitative estimate of drug-likeness (QED) is 0.496. The minimum atomic E-state index is -0.863. The predicted molar refractivity (Wildman–Crippen MR) is 150 cm³/mol. The highest BCUT2D eigenvalue weighted by atomic mass is 35.5. The fourth-order valence-electron chi connectivity index (χ4n) is 4.75. The van der Waals surface area contributed by atoms with Crippen molar-refractivity contribution >= 4 is 46.2 Å². The molecule has 0 radical (unpaired) electrons. The first-order chi connectivity index (χ1) is 17.5. The molecule has 0 saturated carbocycles. The van der Waals surface area contributed by atoms with Crippen LogP contribution in [0.5, 0.6) is 0 Å². The largest absolute Gasteiger partial charge is 0.359 e. The van der Waals surface area contributed by atoms with Gasteiger partial charge in [0.15, 0.2) is 5.11 Å². The molecule has 0 bridgehead atoms. The molecule has 0 aromatic heterocycles.